The number of nitrogens with zero attached hydrogens (tertiary/aromatic N) is 2. The molecule has 0 spiro atoms. The van der Waals surface area contributed by atoms with Crippen molar-refractivity contribution in [2.24, 2.45) is 0 Å². The Morgan fingerprint density at radius 3 is 2.74 bits per heavy atom. The summed E-state index contributed by atoms with van der Waals surface area (Å²) in [7, 11) is 1.55. The molecule has 0 unspecified atom stereocenters. The van der Waals surface area contributed by atoms with Crippen molar-refractivity contribution >= 4 is 5.91 Å². The van der Waals surface area contributed by atoms with E-state index in [4.69, 9.17) is 0 Å². The SMILES string of the molecule is Cc1cc(C(=O)N(C)Cc2cn[nH]c2)c(F)cc1F. The highest BCUT2D eigenvalue weighted by Gasteiger charge is 2.18. The number of halogens is 2. The maximum atomic E-state index is 13.6. The average Bonchev–Trinajstić information content (AvgIpc) is 2.85. The Hall–Kier alpha value is -2.24. The van der Waals surface area contributed by atoms with Crippen LogP contribution < -0.4 is 0 Å². The Morgan fingerprint density at radius 2 is 2.11 bits per heavy atom. The number of benzene rings is 1. The highest BCUT2D eigenvalue weighted by Crippen LogP contribution is 2.16. The third-order valence-corrected chi connectivity index (χ3v) is 2.80. The number of carbonyl (C=O) groups excluding carboxylic acids is 1. The van der Waals surface area contributed by atoms with E-state index in [0.717, 1.165) is 11.6 Å². The van der Waals surface area contributed by atoms with Crippen LogP contribution >= 0.6 is 0 Å². The number of hydrogen-bond donors (Lipinski definition) is 1. The summed E-state index contributed by atoms with van der Waals surface area (Å²) < 4.78 is 26.8. The molecule has 19 heavy (non-hydrogen) atoms. The van der Waals surface area contributed by atoms with Crippen LogP contribution in [0.4, 0.5) is 8.78 Å². The quantitative estimate of drug-likeness (QED) is 0.925. The number of nitrogens with one attached hydrogen (secondary N) is 1. The lowest BCUT2D eigenvalue weighted by atomic mass is 10.1. The Bertz CT molecular complexity index is 596. The van der Waals surface area contributed by atoms with Gasteiger partial charge in [-0.1, -0.05) is 0 Å². The first-order valence-corrected chi connectivity index (χ1v) is 5.68. The van der Waals surface area contributed by atoms with Crippen molar-refractivity contribution in [2.45, 2.75) is 13.5 Å². The average molecular weight is 265 g/mol. The number of aromatic amines is 1. The first-order chi connectivity index (χ1) is 8.99. The van der Waals surface area contributed by atoms with Crippen LogP contribution in [-0.4, -0.2) is 28.1 Å². The third-order valence-electron chi connectivity index (χ3n) is 2.80. The molecule has 1 amide bonds. The predicted octanol–water partition coefficient (Wildman–Crippen LogP) is 2.27. The lowest BCUT2D eigenvalue weighted by molar-refractivity contribution is 0.0780. The van der Waals surface area contributed by atoms with Gasteiger partial charge in [-0.05, 0) is 18.6 Å². The monoisotopic (exact) mass is 265 g/mol. The minimum atomic E-state index is -0.854. The number of H-pyrrole nitrogens is 1. The third kappa shape index (κ3) is 2.78. The number of carbonyl (C=O) groups is 1. The molecule has 4 nitrogen and oxygen atoms in total. The van der Waals surface area contributed by atoms with E-state index in [9.17, 15) is 13.6 Å². The highest BCUT2D eigenvalue weighted by atomic mass is 19.1. The maximum Gasteiger partial charge on any atom is 0.256 e. The van der Waals surface area contributed by atoms with Crippen molar-refractivity contribution in [3.8, 4) is 0 Å². The van der Waals surface area contributed by atoms with Crippen LogP contribution in [0.2, 0.25) is 0 Å². The predicted molar refractivity (Wildman–Crippen MR) is 65.5 cm³/mol. The van der Waals surface area contributed by atoms with Crippen molar-refractivity contribution in [1.82, 2.24) is 15.1 Å². The molecule has 0 fully saturated rings. The van der Waals surface area contributed by atoms with E-state index in [1.54, 1.807) is 19.4 Å². The van der Waals surface area contributed by atoms with Crippen molar-refractivity contribution in [1.29, 1.82) is 0 Å². The van der Waals surface area contributed by atoms with Gasteiger partial charge in [0, 0.05) is 31.4 Å². The molecule has 2 rings (SSSR count). The normalized spacial score (nSPS) is 10.5. The Morgan fingerprint density at radius 1 is 1.37 bits per heavy atom. The second-order valence-electron chi connectivity index (χ2n) is 4.35. The van der Waals surface area contributed by atoms with Gasteiger partial charge in [0.05, 0.1) is 11.8 Å². The summed E-state index contributed by atoms with van der Waals surface area (Å²) in [6.45, 7) is 1.78. The Labute approximate surface area is 109 Å². The number of hydrogen-bond acceptors (Lipinski definition) is 2. The number of amides is 1. The van der Waals surface area contributed by atoms with Gasteiger partial charge in [0.15, 0.2) is 0 Å². The molecule has 0 saturated heterocycles. The largest absolute Gasteiger partial charge is 0.337 e. The summed E-state index contributed by atoms with van der Waals surface area (Å²) in [6, 6.07) is 1.95. The van der Waals surface area contributed by atoms with E-state index in [-0.39, 0.29) is 11.1 Å². The zero-order valence-electron chi connectivity index (χ0n) is 10.6. The summed E-state index contributed by atoms with van der Waals surface area (Å²) in [4.78, 5) is 13.4. The van der Waals surface area contributed by atoms with Gasteiger partial charge in [-0.3, -0.25) is 9.89 Å². The number of aryl methyl sites for hydroxylation is 1. The van der Waals surface area contributed by atoms with Gasteiger partial charge in [0.1, 0.15) is 11.6 Å². The lowest BCUT2D eigenvalue weighted by Gasteiger charge is -2.17. The molecular formula is C13H13F2N3O. The number of aromatic nitrogens is 2. The van der Waals surface area contributed by atoms with Crippen molar-refractivity contribution < 1.29 is 13.6 Å². The van der Waals surface area contributed by atoms with Crippen LogP contribution in [-0.2, 0) is 6.54 Å². The molecule has 0 aliphatic rings. The molecule has 0 aliphatic carbocycles. The van der Waals surface area contributed by atoms with Gasteiger partial charge in [-0.15, -0.1) is 0 Å². The Balaban J connectivity index is 2.21. The molecular weight excluding hydrogens is 252 g/mol. The van der Waals surface area contributed by atoms with E-state index >= 15 is 0 Å². The van der Waals surface area contributed by atoms with Gasteiger partial charge in [0.2, 0.25) is 0 Å². The van der Waals surface area contributed by atoms with Crippen molar-refractivity contribution in [2.75, 3.05) is 7.05 Å². The zero-order chi connectivity index (χ0) is 14.0. The van der Waals surface area contributed by atoms with E-state index in [1.165, 1.54) is 17.9 Å². The molecule has 0 bridgehead atoms. The van der Waals surface area contributed by atoms with E-state index in [1.807, 2.05) is 0 Å². The van der Waals surface area contributed by atoms with Crippen LogP contribution in [0.3, 0.4) is 0 Å². The first kappa shape index (κ1) is 13.2. The van der Waals surface area contributed by atoms with Crippen molar-refractivity contribution in [3.05, 3.63) is 52.9 Å². The van der Waals surface area contributed by atoms with Gasteiger partial charge < -0.3 is 4.90 Å². The fourth-order valence-corrected chi connectivity index (χ4v) is 1.74. The smallest absolute Gasteiger partial charge is 0.256 e. The summed E-state index contributed by atoms with van der Waals surface area (Å²) in [5.74, 6) is -2.01. The van der Waals surface area contributed by atoms with Gasteiger partial charge in [-0.2, -0.15) is 5.10 Å². The second-order valence-corrected chi connectivity index (χ2v) is 4.35. The molecule has 1 N–H and O–H groups in total. The van der Waals surface area contributed by atoms with E-state index in [0.29, 0.717) is 6.54 Å². The molecule has 0 aliphatic heterocycles. The van der Waals surface area contributed by atoms with Gasteiger partial charge in [0.25, 0.3) is 5.91 Å². The molecule has 0 saturated carbocycles. The van der Waals surface area contributed by atoms with Crippen LogP contribution in [0.15, 0.2) is 24.5 Å². The molecule has 1 aromatic carbocycles. The fraction of sp³-hybridized carbons (Fsp3) is 0.231. The molecule has 6 heteroatoms. The zero-order valence-corrected chi connectivity index (χ0v) is 10.6. The molecule has 1 aromatic heterocycles. The van der Waals surface area contributed by atoms with Crippen LogP contribution in [0.25, 0.3) is 0 Å². The standard InChI is InChI=1S/C13H13F2N3O/c1-8-3-10(12(15)4-11(8)14)13(19)18(2)7-9-5-16-17-6-9/h3-6H,7H2,1-2H3,(H,16,17). The summed E-state index contributed by atoms with van der Waals surface area (Å²) in [6.07, 6.45) is 3.23. The van der Waals surface area contributed by atoms with Crippen LogP contribution in [0.5, 0.6) is 0 Å². The fourth-order valence-electron chi connectivity index (χ4n) is 1.74. The minimum absolute atomic E-state index is 0.134. The first-order valence-electron chi connectivity index (χ1n) is 5.68. The Kier molecular flexibility index (Phi) is 3.59. The van der Waals surface area contributed by atoms with Crippen LogP contribution in [0, 0.1) is 18.6 Å². The molecule has 1 heterocycles. The van der Waals surface area contributed by atoms with Gasteiger partial charge >= 0.3 is 0 Å². The lowest BCUT2D eigenvalue weighted by Crippen LogP contribution is -2.27. The highest BCUT2D eigenvalue weighted by molar-refractivity contribution is 5.94. The second kappa shape index (κ2) is 5.17. The number of rotatable bonds is 3. The molecule has 100 valence electrons. The van der Waals surface area contributed by atoms with Crippen LogP contribution in [0.1, 0.15) is 21.5 Å². The van der Waals surface area contributed by atoms with Gasteiger partial charge in [-0.25, -0.2) is 8.78 Å². The maximum absolute atomic E-state index is 13.6. The van der Waals surface area contributed by atoms with E-state index < -0.39 is 17.5 Å². The van der Waals surface area contributed by atoms with Crippen molar-refractivity contribution in [3.63, 3.8) is 0 Å². The summed E-state index contributed by atoms with van der Waals surface area (Å²) >= 11 is 0. The van der Waals surface area contributed by atoms with E-state index in [2.05, 4.69) is 10.2 Å². The molecule has 0 atom stereocenters. The molecule has 2 aromatic rings. The molecule has 0 radical (unpaired) electrons. The summed E-state index contributed by atoms with van der Waals surface area (Å²) in [5, 5.41) is 6.39. The summed E-state index contributed by atoms with van der Waals surface area (Å²) in [5.41, 5.74) is 0.904. The topological polar surface area (TPSA) is 49.0 Å². The minimum Gasteiger partial charge on any atom is -0.337 e.